The fourth-order valence-corrected chi connectivity index (χ4v) is 3.47. The van der Waals surface area contributed by atoms with Gasteiger partial charge in [0.05, 0.1) is 0 Å². The standard InChI is InChI=1S/C10H19N3S3/c1-8(2)4-5-11-6-7-15-10-13-12-9(14-3)16-10/h8,11H,4-7H2,1-3H3. The van der Waals surface area contributed by atoms with Gasteiger partial charge in [0, 0.05) is 12.3 Å². The van der Waals surface area contributed by atoms with E-state index < -0.39 is 0 Å². The average Bonchev–Trinajstić information content (AvgIpc) is 2.70. The van der Waals surface area contributed by atoms with Crippen LogP contribution in [0.4, 0.5) is 0 Å². The van der Waals surface area contributed by atoms with Crippen molar-refractivity contribution in [1.29, 1.82) is 0 Å². The Hall–Kier alpha value is 0.220. The molecule has 6 heteroatoms. The normalized spacial score (nSPS) is 11.2. The Morgan fingerprint density at radius 2 is 2.00 bits per heavy atom. The van der Waals surface area contributed by atoms with E-state index in [0.717, 1.165) is 33.4 Å². The second kappa shape index (κ2) is 8.33. The van der Waals surface area contributed by atoms with Gasteiger partial charge < -0.3 is 5.32 Å². The topological polar surface area (TPSA) is 37.8 Å². The summed E-state index contributed by atoms with van der Waals surface area (Å²) in [5, 5.41) is 11.6. The summed E-state index contributed by atoms with van der Waals surface area (Å²) >= 11 is 5.12. The molecule has 0 aliphatic heterocycles. The molecule has 1 aromatic rings. The van der Waals surface area contributed by atoms with E-state index in [1.807, 2.05) is 6.26 Å². The summed E-state index contributed by atoms with van der Waals surface area (Å²) < 4.78 is 2.13. The van der Waals surface area contributed by atoms with Crippen molar-refractivity contribution in [3.63, 3.8) is 0 Å². The molecule has 0 aliphatic rings. The van der Waals surface area contributed by atoms with Crippen LogP contribution in [0.1, 0.15) is 20.3 Å². The van der Waals surface area contributed by atoms with Gasteiger partial charge in [0.1, 0.15) is 0 Å². The maximum absolute atomic E-state index is 4.12. The van der Waals surface area contributed by atoms with Crippen LogP contribution in [0, 0.1) is 5.92 Å². The van der Waals surface area contributed by atoms with E-state index >= 15 is 0 Å². The Morgan fingerprint density at radius 1 is 1.25 bits per heavy atom. The molecular weight excluding hydrogens is 258 g/mol. The first-order valence-corrected chi connectivity index (χ1v) is 8.46. The summed E-state index contributed by atoms with van der Waals surface area (Å²) in [6, 6.07) is 0. The van der Waals surface area contributed by atoms with Gasteiger partial charge in [-0.25, -0.2) is 0 Å². The molecule has 3 nitrogen and oxygen atoms in total. The van der Waals surface area contributed by atoms with Crippen LogP contribution < -0.4 is 5.32 Å². The maximum Gasteiger partial charge on any atom is 0.175 e. The predicted molar refractivity (Wildman–Crippen MR) is 74.7 cm³/mol. The first kappa shape index (κ1) is 14.3. The molecule has 0 bridgehead atoms. The quantitative estimate of drug-likeness (QED) is 0.584. The third-order valence-corrected chi connectivity index (χ3v) is 5.00. The van der Waals surface area contributed by atoms with Gasteiger partial charge in [-0.05, 0) is 25.1 Å². The van der Waals surface area contributed by atoms with Crippen molar-refractivity contribution in [1.82, 2.24) is 15.5 Å². The first-order valence-electron chi connectivity index (χ1n) is 5.43. The van der Waals surface area contributed by atoms with Crippen LogP contribution in [-0.2, 0) is 0 Å². The van der Waals surface area contributed by atoms with Crippen molar-refractivity contribution in [2.45, 2.75) is 28.9 Å². The van der Waals surface area contributed by atoms with Crippen molar-refractivity contribution in [3.8, 4) is 0 Å². The van der Waals surface area contributed by atoms with Gasteiger partial charge in [-0.2, -0.15) is 0 Å². The van der Waals surface area contributed by atoms with Crippen LogP contribution in [-0.4, -0.2) is 35.3 Å². The van der Waals surface area contributed by atoms with Crippen LogP contribution in [0.5, 0.6) is 0 Å². The van der Waals surface area contributed by atoms with Gasteiger partial charge in [0.15, 0.2) is 8.68 Å². The minimum atomic E-state index is 0.785. The smallest absolute Gasteiger partial charge is 0.175 e. The number of rotatable bonds is 8. The van der Waals surface area contributed by atoms with E-state index in [4.69, 9.17) is 0 Å². The zero-order valence-corrected chi connectivity index (χ0v) is 12.5. The lowest BCUT2D eigenvalue weighted by molar-refractivity contribution is 0.547. The van der Waals surface area contributed by atoms with E-state index in [0.29, 0.717) is 0 Å². The summed E-state index contributed by atoms with van der Waals surface area (Å²) in [6.07, 6.45) is 3.28. The molecule has 0 radical (unpaired) electrons. The molecule has 0 aromatic carbocycles. The zero-order valence-electron chi connectivity index (χ0n) is 10.0. The van der Waals surface area contributed by atoms with Crippen LogP contribution in [0.25, 0.3) is 0 Å². The zero-order chi connectivity index (χ0) is 11.8. The monoisotopic (exact) mass is 277 g/mol. The summed E-state index contributed by atoms with van der Waals surface area (Å²) in [5.74, 6) is 1.86. The molecule has 1 N–H and O–H groups in total. The third-order valence-electron chi connectivity index (χ3n) is 1.97. The number of nitrogens with zero attached hydrogens (tertiary/aromatic N) is 2. The maximum atomic E-state index is 4.12. The highest BCUT2D eigenvalue weighted by atomic mass is 32.2. The molecule has 0 spiro atoms. The van der Waals surface area contributed by atoms with E-state index in [2.05, 4.69) is 29.4 Å². The van der Waals surface area contributed by atoms with Crippen molar-refractivity contribution < 1.29 is 0 Å². The number of hydrogen-bond acceptors (Lipinski definition) is 6. The molecule has 92 valence electrons. The third kappa shape index (κ3) is 6.08. The molecule has 0 aliphatic carbocycles. The lowest BCUT2D eigenvalue weighted by Crippen LogP contribution is -2.19. The van der Waals surface area contributed by atoms with Gasteiger partial charge in [-0.3, -0.25) is 0 Å². The predicted octanol–water partition coefficient (Wildman–Crippen LogP) is 2.99. The van der Waals surface area contributed by atoms with Gasteiger partial charge in [0.25, 0.3) is 0 Å². The van der Waals surface area contributed by atoms with Crippen LogP contribution in [0.15, 0.2) is 8.68 Å². The first-order chi connectivity index (χ1) is 7.72. The molecule has 0 unspecified atom stereocenters. The molecule has 0 fully saturated rings. The van der Waals surface area contributed by atoms with Gasteiger partial charge in [-0.1, -0.05) is 48.7 Å². The van der Waals surface area contributed by atoms with Gasteiger partial charge in [0.2, 0.25) is 0 Å². The van der Waals surface area contributed by atoms with Gasteiger partial charge in [-0.15, -0.1) is 10.2 Å². The van der Waals surface area contributed by atoms with E-state index in [-0.39, 0.29) is 0 Å². The molecule has 0 saturated heterocycles. The highest BCUT2D eigenvalue weighted by molar-refractivity contribution is 8.02. The van der Waals surface area contributed by atoms with Crippen molar-refractivity contribution >= 4 is 34.9 Å². The Morgan fingerprint density at radius 3 is 2.62 bits per heavy atom. The lowest BCUT2D eigenvalue weighted by Gasteiger charge is -2.05. The number of thioether (sulfide) groups is 2. The highest BCUT2D eigenvalue weighted by Gasteiger charge is 2.02. The van der Waals surface area contributed by atoms with Crippen molar-refractivity contribution in [3.05, 3.63) is 0 Å². The highest BCUT2D eigenvalue weighted by Crippen LogP contribution is 2.26. The summed E-state index contributed by atoms with van der Waals surface area (Å²) in [4.78, 5) is 0. The summed E-state index contributed by atoms with van der Waals surface area (Å²) in [6.45, 7) is 6.67. The largest absolute Gasteiger partial charge is 0.316 e. The molecule has 0 atom stereocenters. The Labute approximate surface area is 110 Å². The van der Waals surface area contributed by atoms with Crippen LogP contribution in [0.3, 0.4) is 0 Å². The number of aromatic nitrogens is 2. The number of hydrogen-bond donors (Lipinski definition) is 1. The van der Waals surface area contributed by atoms with Crippen LogP contribution in [0.2, 0.25) is 0 Å². The summed E-state index contributed by atoms with van der Waals surface area (Å²) in [7, 11) is 0. The second-order valence-electron chi connectivity index (χ2n) is 3.82. The Bertz CT molecular complexity index is 289. The molecule has 1 aromatic heterocycles. The van der Waals surface area contributed by atoms with Crippen LogP contribution >= 0.6 is 34.9 Å². The fourth-order valence-electron chi connectivity index (χ4n) is 1.06. The van der Waals surface area contributed by atoms with Gasteiger partial charge >= 0.3 is 0 Å². The molecule has 1 heterocycles. The molecule has 0 amide bonds. The summed E-state index contributed by atoms with van der Waals surface area (Å²) in [5.41, 5.74) is 0. The van der Waals surface area contributed by atoms with Crippen molar-refractivity contribution in [2.24, 2.45) is 5.92 Å². The molecule has 16 heavy (non-hydrogen) atoms. The minimum absolute atomic E-state index is 0.785. The fraction of sp³-hybridized carbons (Fsp3) is 0.800. The molecular formula is C10H19N3S3. The van der Waals surface area contributed by atoms with E-state index in [1.54, 1.807) is 34.9 Å². The second-order valence-corrected chi connectivity index (χ2v) is 7.19. The lowest BCUT2D eigenvalue weighted by atomic mass is 10.1. The Kier molecular flexibility index (Phi) is 7.44. The van der Waals surface area contributed by atoms with Crippen molar-refractivity contribution in [2.75, 3.05) is 25.1 Å². The Balaban J connectivity index is 2.02. The van der Waals surface area contributed by atoms with E-state index in [9.17, 15) is 0 Å². The number of nitrogens with one attached hydrogen (secondary N) is 1. The average molecular weight is 277 g/mol. The van der Waals surface area contributed by atoms with E-state index in [1.165, 1.54) is 6.42 Å². The minimum Gasteiger partial charge on any atom is -0.316 e. The molecule has 1 rings (SSSR count). The molecule has 0 saturated carbocycles. The SMILES string of the molecule is CSc1nnc(SCCNCCC(C)C)s1.